The van der Waals surface area contributed by atoms with Gasteiger partial charge in [0.15, 0.2) is 0 Å². The fourth-order valence-corrected chi connectivity index (χ4v) is 3.33. The predicted octanol–water partition coefficient (Wildman–Crippen LogP) is 2.16. The summed E-state index contributed by atoms with van der Waals surface area (Å²) in [6, 6.07) is 2.96. The lowest BCUT2D eigenvalue weighted by Gasteiger charge is -2.17. The molecule has 0 aromatic carbocycles. The van der Waals surface area contributed by atoms with Crippen molar-refractivity contribution in [2.45, 2.75) is 25.3 Å². The van der Waals surface area contributed by atoms with Crippen LogP contribution < -0.4 is 0 Å². The second-order valence-corrected chi connectivity index (χ2v) is 6.73. The van der Waals surface area contributed by atoms with Gasteiger partial charge in [-0.25, -0.2) is 13.4 Å². The van der Waals surface area contributed by atoms with Gasteiger partial charge in [0.1, 0.15) is 15.8 Å². The molecule has 0 aliphatic carbocycles. The van der Waals surface area contributed by atoms with Crippen LogP contribution >= 0.6 is 11.6 Å². The molecule has 108 valence electrons. The van der Waals surface area contributed by atoms with Gasteiger partial charge in [-0.1, -0.05) is 16.8 Å². The van der Waals surface area contributed by atoms with Crippen molar-refractivity contribution in [3.63, 3.8) is 0 Å². The minimum atomic E-state index is -3.71. The van der Waals surface area contributed by atoms with Crippen LogP contribution in [0.15, 0.2) is 27.7 Å². The quantitative estimate of drug-likeness (QED) is 0.808. The van der Waals surface area contributed by atoms with Crippen LogP contribution in [0.25, 0.3) is 0 Å². The van der Waals surface area contributed by atoms with E-state index >= 15 is 0 Å². The highest BCUT2D eigenvalue weighted by atomic mass is 35.5. The van der Waals surface area contributed by atoms with Gasteiger partial charge in [-0.3, -0.25) is 0 Å². The Balaban J connectivity index is 2.34. The second kappa shape index (κ2) is 5.51. The summed E-state index contributed by atoms with van der Waals surface area (Å²) in [6.07, 6.45) is 1.44. The molecule has 0 unspecified atom stereocenters. The summed E-state index contributed by atoms with van der Waals surface area (Å²) in [7, 11) is -2.23. The van der Waals surface area contributed by atoms with E-state index in [0.29, 0.717) is 11.5 Å². The maximum absolute atomic E-state index is 12.5. The van der Waals surface area contributed by atoms with Crippen LogP contribution in [0.2, 0.25) is 5.15 Å². The molecular formula is C12H14ClN3O3S. The van der Waals surface area contributed by atoms with Gasteiger partial charge in [0.05, 0.1) is 5.69 Å². The molecule has 0 aliphatic rings. The Morgan fingerprint density at radius 2 is 2.10 bits per heavy atom. The zero-order valence-corrected chi connectivity index (χ0v) is 12.9. The molecule has 8 heteroatoms. The van der Waals surface area contributed by atoms with Crippen molar-refractivity contribution in [3.8, 4) is 0 Å². The fraction of sp³-hybridized carbons (Fsp3) is 0.333. The monoisotopic (exact) mass is 315 g/mol. The minimum Gasteiger partial charge on any atom is -0.361 e. The van der Waals surface area contributed by atoms with Gasteiger partial charge in [-0.15, -0.1) is 0 Å². The summed E-state index contributed by atoms with van der Waals surface area (Å²) in [5.74, 6) is 0.599. The normalized spacial score (nSPS) is 12.1. The van der Waals surface area contributed by atoms with E-state index in [0.717, 1.165) is 5.56 Å². The topological polar surface area (TPSA) is 76.3 Å². The number of halogens is 1. The molecule has 6 nitrogen and oxygen atoms in total. The average molecular weight is 316 g/mol. The van der Waals surface area contributed by atoms with Crippen molar-refractivity contribution in [1.29, 1.82) is 0 Å². The van der Waals surface area contributed by atoms with Crippen LogP contribution in [-0.2, 0) is 16.6 Å². The molecule has 2 rings (SSSR count). The highest BCUT2D eigenvalue weighted by Crippen LogP contribution is 2.24. The van der Waals surface area contributed by atoms with E-state index in [1.54, 1.807) is 13.8 Å². The molecule has 0 aliphatic heterocycles. The first kappa shape index (κ1) is 15.0. The molecule has 0 saturated carbocycles. The summed E-state index contributed by atoms with van der Waals surface area (Å²) in [5.41, 5.74) is 1.41. The van der Waals surface area contributed by atoms with Gasteiger partial charge in [-0.05, 0) is 26.0 Å². The van der Waals surface area contributed by atoms with E-state index in [4.69, 9.17) is 16.1 Å². The summed E-state index contributed by atoms with van der Waals surface area (Å²) in [4.78, 5) is 3.77. The molecule has 0 atom stereocenters. The molecular weight excluding hydrogens is 302 g/mol. The van der Waals surface area contributed by atoms with E-state index in [1.807, 2.05) is 0 Å². The number of nitrogens with zero attached hydrogens (tertiary/aromatic N) is 3. The molecule has 20 heavy (non-hydrogen) atoms. The highest BCUT2D eigenvalue weighted by molar-refractivity contribution is 7.89. The lowest BCUT2D eigenvalue weighted by molar-refractivity contribution is 0.390. The summed E-state index contributed by atoms with van der Waals surface area (Å²) >= 11 is 5.85. The summed E-state index contributed by atoms with van der Waals surface area (Å²) in [6.45, 7) is 3.67. The molecule has 0 saturated heterocycles. The average Bonchev–Trinajstić information content (AvgIpc) is 2.70. The molecule has 2 heterocycles. The zero-order chi connectivity index (χ0) is 14.9. The smallest absolute Gasteiger partial charge is 0.246 e. The van der Waals surface area contributed by atoms with Crippen molar-refractivity contribution in [1.82, 2.24) is 14.4 Å². The summed E-state index contributed by atoms with van der Waals surface area (Å²) in [5, 5.41) is 3.76. The van der Waals surface area contributed by atoms with Crippen LogP contribution in [0.3, 0.4) is 0 Å². The Morgan fingerprint density at radius 1 is 1.40 bits per heavy atom. The Bertz CT molecular complexity index is 708. The Hall–Kier alpha value is -1.44. The molecule has 0 amide bonds. The second-order valence-electron chi connectivity index (χ2n) is 4.36. The van der Waals surface area contributed by atoms with E-state index in [9.17, 15) is 8.42 Å². The molecule has 0 N–H and O–H groups in total. The van der Waals surface area contributed by atoms with E-state index in [2.05, 4.69) is 10.1 Å². The largest absolute Gasteiger partial charge is 0.361 e. The lowest BCUT2D eigenvalue weighted by atomic mass is 10.2. The van der Waals surface area contributed by atoms with Gasteiger partial charge in [0.2, 0.25) is 10.0 Å². The minimum absolute atomic E-state index is 0.0177. The number of hydrogen-bond acceptors (Lipinski definition) is 5. The van der Waals surface area contributed by atoms with Crippen LogP contribution in [0, 0.1) is 13.8 Å². The van der Waals surface area contributed by atoms with Crippen LogP contribution in [0.5, 0.6) is 0 Å². The zero-order valence-electron chi connectivity index (χ0n) is 11.3. The van der Waals surface area contributed by atoms with Crippen LogP contribution in [-0.4, -0.2) is 29.9 Å². The maximum Gasteiger partial charge on any atom is 0.246 e. The van der Waals surface area contributed by atoms with Gasteiger partial charge in [0, 0.05) is 25.4 Å². The fourth-order valence-electron chi connectivity index (χ4n) is 1.77. The van der Waals surface area contributed by atoms with Crippen LogP contribution in [0.1, 0.15) is 17.0 Å². The number of sulfonamides is 1. The number of pyridine rings is 1. The number of aromatic nitrogens is 2. The van der Waals surface area contributed by atoms with Gasteiger partial charge >= 0.3 is 0 Å². The third-order valence-corrected chi connectivity index (χ3v) is 5.22. The molecule has 2 aromatic heterocycles. The van der Waals surface area contributed by atoms with Gasteiger partial charge in [0.25, 0.3) is 0 Å². The highest BCUT2D eigenvalue weighted by Gasteiger charge is 2.25. The Labute approximate surface area is 122 Å². The van der Waals surface area contributed by atoms with E-state index in [1.165, 1.54) is 29.7 Å². The first-order valence-electron chi connectivity index (χ1n) is 5.82. The van der Waals surface area contributed by atoms with Crippen LogP contribution in [0.4, 0.5) is 0 Å². The maximum atomic E-state index is 12.5. The van der Waals surface area contributed by atoms with Crippen molar-refractivity contribution >= 4 is 21.6 Å². The van der Waals surface area contributed by atoms with Crippen molar-refractivity contribution in [2.24, 2.45) is 0 Å². The SMILES string of the molecule is Cc1noc(C)c1CN(C)S(=O)(=O)c1cccnc1Cl. The van der Waals surface area contributed by atoms with Crippen molar-refractivity contribution in [2.75, 3.05) is 7.05 Å². The first-order chi connectivity index (χ1) is 9.34. The number of hydrogen-bond donors (Lipinski definition) is 0. The van der Waals surface area contributed by atoms with Crippen molar-refractivity contribution in [3.05, 3.63) is 40.5 Å². The Morgan fingerprint density at radius 3 is 2.65 bits per heavy atom. The molecule has 0 bridgehead atoms. The number of rotatable bonds is 4. The number of aryl methyl sites for hydroxylation is 2. The van der Waals surface area contributed by atoms with Crippen molar-refractivity contribution < 1.29 is 12.9 Å². The molecule has 0 fully saturated rings. The summed E-state index contributed by atoms with van der Waals surface area (Å²) < 4.78 is 31.1. The van der Waals surface area contributed by atoms with E-state index < -0.39 is 10.0 Å². The standard InChI is InChI=1S/C12H14ClN3O3S/c1-8-10(9(2)19-15-8)7-16(3)20(17,18)11-5-4-6-14-12(11)13/h4-6H,7H2,1-3H3. The van der Waals surface area contributed by atoms with Gasteiger partial charge < -0.3 is 4.52 Å². The van der Waals surface area contributed by atoms with E-state index in [-0.39, 0.29) is 16.6 Å². The Kier molecular flexibility index (Phi) is 4.12. The predicted molar refractivity (Wildman–Crippen MR) is 73.9 cm³/mol. The lowest BCUT2D eigenvalue weighted by Crippen LogP contribution is -2.27. The first-order valence-corrected chi connectivity index (χ1v) is 7.64. The third-order valence-electron chi connectivity index (χ3n) is 2.98. The molecule has 0 radical (unpaired) electrons. The third kappa shape index (κ3) is 2.70. The molecule has 2 aromatic rings. The molecule has 0 spiro atoms. The van der Waals surface area contributed by atoms with Gasteiger partial charge in [-0.2, -0.15) is 4.31 Å².